The summed E-state index contributed by atoms with van der Waals surface area (Å²) < 4.78 is 7.22. The van der Waals surface area contributed by atoms with E-state index >= 15 is 0 Å². The van der Waals surface area contributed by atoms with Crippen molar-refractivity contribution in [2.24, 2.45) is 0 Å². The largest absolute Gasteiger partial charge is 0.394 e. The van der Waals surface area contributed by atoms with E-state index in [1.165, 1.54) is 6.33 Å². The van der Waals surface area contributed by atoms with Gasteiger partial charge in [0, 0.05) is 6.42 Å². The van der Waals surface area contributed by atoms with Crippen LogP contribution >= 0.6 is 11.6 Å². The van der Waals surface area contributed by atoms with Crippen LogP contribution in [0.3, 0.4) is 0 Å². The molecule has 1 aliphatic rings. The number of nitrogens with zero attached hydrogens (tertiary/aromatic N) is 4. The first kappa shape index (κ1) is 11.8. The number of hydrogen-bond acceptors (Lipinski definition) is 6. The summed E-state index contributed by atoms with van der Waals surface area (Å²) >= 11 is 5.90. The molecule has 0 aromatic carbocycles. The second kappa shape index (κ2) is 4.43. The summed E-state index contributed by atoms with van der Waals surface area (Å²) in [6.45, 7) is -0.222. The van der Waals surface area contributed by atoms with Crippen LogP contribution in [0.1, 0.15) is 12.6 Å². The summed E-state index contributed by atoms with van der Waals surface area (Å²) in [5, 5.41) is 19.0. The van der Waals surface area contributed by atoms with Gasteiger partial charge in [0.25, 0.3) is 0 Å². The molecule has 0 bridgehead atoms. The Morgan fingerprint density at radius 1 is 1.44 bits per heavy atom. The number of aliphatic hydroxyl groups excluding tert-OH is 2. The van der Waals surface area contributed by atoms with Crippen LogP contribution in [0.5, 0.6) is 0 Å². The van der Waals surface area contributed by atoms with Gasteiger partial charge in [0.1, 0.15) is 24.2 Å². The Kier molecular flexibility index (Phi) is 2.90. The minimum atomic E-state index is -0.699. The Balaban J connectivity index is 1.99. The molecule has 3 rings (SSSR count). The SMILES string of the molecule is OC[C@H]1O[C@@H](n2[13cH][15n]c3c(Cl)ncn[13c]32)C[C@@H]1O. The summed E-state index contributed by atoms with van der Waals surface area (Å²) in [6.07, 6.45) is 1.57. The van der Waals surface area contributed by atoms with Crippen LogP contribution < -0.4 is 0 Å². The van der Waals surface area contributed by atoms with Crippen LogP contribution in [0.15, 0.2) is 12.7 Å². The van der Waals surface area contributed by atoms with Gasteiger partial charge in [0.05, 0.1) is 19.0 Å². The molecular weight excluding hydrogens is 263 g/mol. The van der Waals surface area contributed by atoms with Gasteiger partial charge in [-0.2, -0.15) is 0 Å². The molecule has 2 aromatic rings. The number of hydrogen-bond donors (Lipinski definition) is 2. The maximum absolute atomic E-state index is 9.71. The lowest BCUT2D eigenvalue weighted by atomic mass is 10.2. The van der Waals surface area contributed by atoms with Gasteiger partial charge in [-0.05, 0) is 0 Å². The van der Waals surface area contributed by atoms with E-state index in [0.717, 1.165) is 0 Å². The zero-order chi connectivity index (χ0) is 12.7. The van der Waals surface area contributed by atoms with Crippen molar-refractivity contribution in [1.29, 1.82) is 0 Å². The summed E-state index contributed by atoms with van der Waals surface area (Å²) in [4.78, 5) is 12.1. The molecule has 18 heavy (non-hydrogen) atoms. The number of rotatable bonds is 2. The van der Waals surface area contributed by atoms with E-state index in [2.05, 4.69) is 15.0 Å². The fourth-order valence-corrected chi connectivity index (χ4v) is 2.26. The first-order valence-corrected chi connectivity index (χ1v) is 5.86. The molecule has 2 aromatic heterocycles. The van der Waals surface area contributed by atoms with E-state index in [9.17, 15) is 5.11 Å². The Morgan fingerprint density at radius 2 is 2.28 bits per heavy atom. The molecular formula is C10H11ClN4O3. The van der Waals surface area contributed by atoms with Crippen molar-refractivity contribution in [2.75, 3.05) is 6.61 Å². The fraction of sp³-hybridized carbons (Fsp3) is 0.500. The fourth-order valence-electron chi connectivity index (χ4n) is 2.08. The van der Waals surface area contributed by atoms with Crippen molar-refractivity contribution in [3.8, 4) is 0 Å². The molecule has 96 valence electrons. The molecule has 7 nitrogen and oxygen atoms in total. The third-order valence-electron chi connectivity index (χ3n) is 3.01. The van der Waals surface area contributed by atoms with E-state index in [4.69, 9.17) is 21.4 Å². The van der Waals surface area contributed by atoms with Crippen LogP contribution in [0.4, 0.5) is 0 Å². The average Bonchev–Trinajstić information content (AvgIpc) is 2.93. The van der Waals surface area contributed by atoms with Crippen LogP contribution in [-0.4, -0.2) is 48.5 Å². The van der Waals surface area contributed by atoms with Crippen molar-refractivity contribution in [3.63, 3.8) is 0 Å². The number of fused-ring (bicyclic) bond motifs is 1. The van der Waals surface area contributed by atoms with Crippen molar-refractivity contribution in [3.05, 3.63) is 17.8 Å². The molecule has 0 amide bonds. The van der Waals surface area contributed by atoms with Crippen LogP contribution in [0.2, 0.25) is 5.15 Å². The molecule has 3 heterocycles. The Labute approximate surface area is 107 Å². The van der Waals surface area contributed by atoms with Gasteiger partial charge in [-0.15, -0.1) is 0 Å². The van der Waals surface area contributed by atoms with Gasteiger partial charge < -0.3 is 14.9 Å². The molecule has 3 atom stereocenters. The molecule has 0 spiro atoms. The van der Waals surface area contributed by atoms with E-state index in [0.29, 0.717) is 17.6 Å². The Hall–Kier alpha value is -1.28. The van der Waals surface area contributed by atoms with E-state index in [-0.39, 0.29) is 11.8 Å². The predicted octanol–water partition coefficient (Wildman–Crippen LogP) is 0.120. The number of ether oxygens (including phenoxy) is 1. The van der Waals surface area contributed by atoms with E-state index in [1.807, 2.05) is 0 Å². The maximum atomic E-state index is 9.71. The van der Waals surface area contributed by atoms with Crippen LogP contribution in [0, 0.1) is 0 Å². The van der Waals surface area contributed by atoms with Gasteiger partial charge in [0.2, 0.25) is 0 Å². The lowest BCUT2D eigenvalue weighted by Crippen LogP contribution is -2.24. The quantitative estimate of drug-likeness (QED) is 0.755. The van der Waals surface area contributed by atoms with Gasteiger partial charge in [-0.25, -0.2) is 15.0 Å². The van der Waals surface area contributed by atoms with Crippen molar-refractivity contribution in [1.82, 2.24) is 19.5 Å². The first-order valence-electron chi connectivity index (χ1n) is 5.48. The predicted molar refractivity (Wildman–Crippen MR) is 62.0 cm³/mol. The molecule has 0 aliphatic carbocycles. The third-order valence-corrected chi connectivity index (χ3v) is 3.29. The van der Waals surface area contributed by atoms with Gasteiger partial charge in [0.15, 0.2) is 10.8 Å². The van der Waals surface area contributed by atoms with Crippen molar-refractivity contribution >= 4 is 22.8 Å². The highest BCUT2D eigenvalue weighted by Gasteiger charge is 2.35. The average molecular weight is 274 g/mol. The molecule has 0 radical (unpaired) electrons. The molecule has 1 aliphatic heterocycles. The smallest absolute Gasteiger partial charge is 0.166 e. The zero-order valence-electron chi connectivity index (χ0n) is 9.27. The molecule has 1 saturated heterocycles. The van der Waals surface area contributed by atoms with Crippen LogP contribution in [-0.2, 0) is 4.74 Å². The van der Waals surface area contributed by atoms with Crippen molar-refractivity contribution < 1.29 is 14.9 Å². The monoisotopic (exact) mass is 273 g/mol. The zero-order valence-corrected chi connectivity index (χ0v) is 10.0. The summed E-state index contributed by atoms with van der Waals surface area (Å²) in [7, 11) is 0. The minimum Gasteiger partial charge on any atom is -0.394 e. The highest BCUT2D eigenvalue weighted by molar-refractivity contribution is 6.33. The molecule has 1 fully saturated rings. The Morgan fingerprint density at radius 3 is 3.00 bits per heavy atom. The number of imidazole rings is 1. The third kappa shape index (κ3) is 1.76. The molecule has 8 heteroatoms. The number of aliphatic hydroxyl groups is 2. The van der Waals surface area contributed by atoms with Gasteiger partial charge in [-0.1, -0.05) is 11.6 Å². The maximum Gasteiger partial charge on any atom is 0.166 e. The van der Waals surface area contributed by atoms with Gasteiger partial charge >= 0.3 is 0 Å². The number of halogens is 1. The van der Waals surface area contributed by atoms with E-state index in [1.54, 1.807) is 10.9 Å². The Bertz CT molecular complexity index is 575. The standard InChI is InChI=1S/C10H11ClN4O3/c11-9-8-10(13-3-12-9)15(4-14-8)7-1-5(17)6(2-16)18-7/h3-7,16-17H,1-2H2/t5-,6+,7+/m0/s1/i4+1,10+1,14+1. The molecule has 2 N–H and O–H groups in total. The molecule has 0 saturated carbocycles. The highest BCUT2D eigenvalue weighted by atomic mass is 35.5. The summed E-state index contributed by atoms with van der Waals surface area (Å²) in [5.41, 5.74) is 1.04. The summed E-state index contributed by atoms with van der Waals surface area (Å²) in [6, 6.07) is 0. The van der Waals surface area contributed by atoms with Crippen LogP contribution in [0.25, 0.3) is 11.2 Å². The minimum absolute atomic E-state index is 0.222. The number of aromatic nitrogens is 4. The normalized spacial score (nSPS) is 28.1. The lowest BCUT2D eigenvalue weighted by molar-refractivity contribution is -0.0432. The first-order chi connectivity index (χ1) is 8.70. The van der Waals surface area contributed by atoms with Crippen molar-refractivity contribution in [2.45, 2.75) is 24.9 Å². The molecule has 0 unspecified atom stereocenters. The topological polar surface area (TPSA) is 93.3 Å². The van der Waals surface area contributed by atoms with E-state index < -0.39 is 18.4 Å². The lowest BCUT2D eigenvalue weighted by Gasteiger charge is -2.13. The second-order valence-corrected chi connectivity index (χ2v) is 4.46. The van der Waals surface area contributed by atoms with Gasteiger partial charge in [-0.3, -0.25) is 4.57 Å². The summed E-state index contributed by atoms with van der Waals surface area (Å²) in [5.74, 6) is 0. The second-order valence-electron chi connectivity index (χ2n) is 4.10. The highest BCUT2D eigenvalue weighted by Crippen LogP contribution is 2.31.